The summed E-state index contributed by atoms with van der Waals surface area (Å²) in [6, 6.07) is 5.34. The van der Waals surface area contributed by atoms with Crippen LogP contribution in [0, 0.1) is 11.3 Å². The first-order valence-corrected chi connectivity index (χ1v) is 8.66. The van der Waals surface area contributed by atoms with Crippen LogP contribution < -0.4 is 10.1 Å². The highest BCUT2D eigenvalue weighted by Gasteiger charge is 2.55. The normalized spacial score (nSPS) is 25.8. The Bertz CT molecular complexity index is 700. The number of carboxylic acid groups (broad SMARTS) is 1. The first-order chi connectivity index (χ1) is 12.3. The van der Waals surface area contributed by atoms with E-state index in [2.05, 4.69) is 10.1 Å². The average molecular weight is 368 g/mol. The number of amides is 2. The number of nitrogens with zero attached hydrogens (tertiary/aromatic N) is 1. The molecule has 1 aromatic carbocycles. The highest BCUT2D eigenvalue weighted by atomic mass is 19.3. The number of likely N-dealkylation sites (tertiary alicyclic amines) is 1. The molecule has 1 unspecified atom stereocenters. The van der Waals surface area contributed by atoms with Crippen molar-refractivity contribution in [2.75, 3.05) is 13.1 Å². The van der Waals surface area contributed by atoms with Crippen molar-refractivity contribution in [3.63, 3.8) is 0 Å². The van der Waals surface area contributed by atoms with Crippen LogP contribution in [-0.2, 0) is 4.79 Å². The van der Waals surface area contributed by atoms with E-state index in [0.717, 1.165) is 12.8 Å². The van der Waals surface area contributed by atoms with E-state index < -0.39 is 24.0 Å². The fourth-order valence-corrected chi connectivity index (χ4v) is 4.19. The number of urea groups is 1. The van der Waals surface area contributed by atoms with Crippen LogP contribution in [0.3, 0.4) is 0 Å². The molecular formula is C18H22F2N2O4. The quantitative estimate of drug-likeness (QED) is 0.836. The molecule has 1 aliphatic carbocycles. The maximum absolute atomic E-state index is 12.6. The van der Waals surface area contributed by atoms with Gasteiger partial charge in [0.15, 0.2) is 0 Å². The van der Waals surface area contributed by atoms with Gasteiger partial charge in [-0.15, -0.1) is 0 Å². The van der Waals surface area contributed by atoms with Gasteiger partial charge in [0.1, 0.15) is 5.75 Å². The van der Waals surface area contributed by atoms with Gasteiger partial charge in [0.2, 0.25) is 0 Å². The molecule has 3 rings (SSSR count). The fourth-order valence-electron chi connectivity index (χ4n) is 4.19. The van der Waals surface area contributed by atoms with Gasteiger partial charge in [-0.25, -0.2) is 4.79 Å². The number of carboxylic acids is 1. The lowest BCUT2D eigenvalue weighted by Crippen LogP contribution is -2.42. The third-order valence-electron chi connectivity index (χ3n) is 5.53. The van der Waals surface area contributed by atoms with Crippen molar-refractivity contribution in [3.05, 3.63) is 29.8 Å². The summed E-state index contributed by atoms with van der Waals surface area (Å²) in [5.41, 5.74) is -0.412. The summed E-state index contributed by atoms with van der Waals surface area (Å²) in [4.78, 5) is 25.8. The van der Waals surface area contributed by atoms with Crippen molar-refractivity contribution in [2.45, 2.75) is 38.8 Å². The summed E-state index contributed by atoms with van der Waals surface area (Å²) in [6.45, 7) is -0.691. The first-order valence-electron chi connectivity index (χ1n) is 8.66. The number of benzene rings is 1. The molecule has 0 aromatic heterocycles. The summed E-state index contributed by atoms with van der Waals surface area (Å²) in [5, 5.41) is 12.4. The molecule has 1 aliphatic heterocycles. The number of nitrogens with one attached hydrogen (secondary N) is 1. The van der Waals surface area contributed by atoms with Crippen molar-refractivity contribution in [1.29, 1.82) is 0 Å². The molecule has 0 radical (unpaired) electrons. The number of aliphatic carboxylic acids is 1. The molecule has 8 heteroatoms. The van der Waals surface area contributed by atoms with Gasteiger partial charge in [0.05, 0.1) is 11.5 Å². The van der Waals surface area contributed by atoms with Crippen LogP contribution in [-0.4, -0.2) is 41.7 Å². The Morgan fingerprint density at radius 3 is 2.77 bits per heavy atom. The van der Waals surface area contributed by atoms with E-state index in [0.29, 0.717) is 18.5 Å². The third-order valence-corrected chi connectivity index (χ3v) is 5.53. The van der Waals surface area contributed by atoms with Crippen LogP contribution in [0.25, 0.3) is 0 Å². The second-order valence-corrected chi connectivity index (χ2v) is 7.02. The number of para-hydroxylation sites is 1. The Kier molecular flexibility index (Phi) is 5.02. The lowest BCUT2D eigenvalue weighted by molar-refractivity contribution is -0.149. The maximum Gasteiger partial charge on any atom is 0.387 e. The van der Waals surface area contributed by atoms with E-state index in [1.807, 2.05) is 0 Å². The van der Waals surface area contributed by atoms with E-state index >= 15 is 0 Å². The molecule has 1 aromatic rings. The highest BCUT2D eigenvalue weighted by molar-refractivity contribution is 5.80. The number of fused-ring (bicyclic) bond motifs is 1. The van der Waals surface area contributed by atoms with Crippen molar-refractivity contribution < 1.29 is 28.2 Å². The zero-order valence-corrected chi connectivity index (χ0v) is 14.5. The number of carbonyl (C=O) groups excluding carboxylic acids is 1. The molecule has 142 valence electrons. The van der Waals surface area contributed by atoms with Crippen LogP contribution >= 0.6 is 0 Å². The Balaban J connectivity index is 1.69. The Labute approximate surface area is 150 Å². The monoisotopic (exact) mass is 368 g/mol. The van der Waals surface area contributed by atoms with Crippen molar-refractivity contribution in [2.24, 2.45) is 11.3 Å². The Morgan fingerprint density at radius 1 is 1.38 bits per heavy atom. The van der Waals surface area contributed by atoms with Crippen molar-refractivity contribution in [1.82, 2.24) is 10.2 Å². The van der Waals surface area contributed by atoms with Crippen LogP contribution in [0.4, 0.5) is 13.6 Å². The smallest absolute Gasteiger partial charge is 0.387 e. The van der Waals surface area contributed by atoms with Crippen molar-refractivity contribution >= 4 is 12.0 Å². The van der Waals surface area contributed by atoms with Gasteiger partial charge in [0, 0.05) is 18.7 Å². The minimum atomic E-state index is -2.95. The second kappa shape index (κ2) is 7.09. The minimum Gasteiger partial charge on any atom is -0.481 e. The lowest BCUT2D eigenvalue weighted by atomic mass is 9.81. The van der Waals surface area contributed by atoms with Crippen molar-refractivity contribution in [3.8, 4) is 5.75 Å². The van der Waals surface area contributed by atoms with Crippen LogP contribution in [0.1, 0.15) is 37.8 Å². The van der Waals surface area contributed by atoms with Gasteiger partial charge in [-0.2, -0.15) is 8.78 Å². The third kappa shape index (κ3) is 3.32. The first kappa shape index (κ1) is 18.4. The summed E-state index contributed by atoms with van der Waals surface area (Å²) in [6.07, 6.45) is 2.25. The van der Waals surface area contributed by atoms with Gasteiger partial charge in [-0.05, 0) is 31.7 Å². The zero-order chi connectivity index (χ0) is 18.9. The molecule has 3 atom stereocenters. The predicted octanol–water partition coefficient (Wildman–Crippen LogP) is 3.25. The van der Waals surface area contributed by atoms with Crippen LogP contribution in [0.5, 0.6) is 5.75 Å². The summed E-state index contributed by atoms with van der Waals surface area (Å²) in [5.74, 6) is -0.870. The van der Waals surface area contributed by atoms with Gasteiger partial charge >= 0.3 is 18.6 Å². The number of hydrogen-bond acceptors (Lipinski definition) is 3. The fraction of sp³-hybridized carbons (Fsp3) is 0.556. The van der Waals surface area contributed by atoms with Gasteiger partial charge in [-0.3, -0.25) is 4.79 Å². The zero-order valence-electron chi connectivity index (χ0n) is 14.5. The maximum atomic E-state index is 12.6. The molecule has 2 N–H and O–H groups in total. The second-order valence-electron chi connectivity index (χ2n) is 7.02. The minimum absolute atomic E-state index is 0.00981. The van der Waals surface area contributed by atoms with E-state index in [1.54, 1.807) is 25.1 Å². The number of rotatable bonds is 5. The number of carbonyl (C=O) groups is 2. The lowest BCUT2D eigenvalue weighted by Gasteiger charge is -2.25. The molecule has 26 heavy (non-hydrogen) atoms. The SMILES string of the molecule is CC(NC(=O)N1C[C@@H]2CCC[C@@]2(C(=O)O)C1)c1ccccc1OC(F)F. The highest BCUT2D eigenvalue weighted by Crippen LogP contribution is 2.48. The standard InChI is InChI=1S/C18H22F2N2O4/c1-11(13-6-2-3-7-14(13)26-16(19)20)21-17(25)22-9-12-5-4-8-18(12,10-22)15(23)24/h2-3,6-7,11-12,16H,4-5,8-10H2,1H3,(H,21,25)(H,23,24)/t11?,12-,18+/m0/s1. The van der Waals surface area contributed by atoms with Crippen LogP contribution in [0.15, 0.2) is 24.3 Å². The molecule has 2 aliphatic rings. The van der Waals surface area contributed by atoms with Crippen LogP contribution in [0.2, 0.25) is 0 Å². The van der Waals surface area contributed by atoms with E-state index in [4.69, 9.17) is 0 Å². The Hall–Kier alpha value is -2.38. The number of alkyl halides is 2. The van der Waals surface area contributed by atoms with Gasteiger partial charge in [0.25, 0.3) is 0 Å². The molecule has 0 bridgehead atoms. The summed E-state index contributed by atoms with van der Waals surface area (Å²) in [7, 11) is 0. The molecule has 2 amide bonds. The number of halogens is 2. The summed E-state index contributed by atoms with van der Waals surface area (Å²) >= 11 is 0. The molecule has 0 spiro atoms. The molecule has 6 nitrogen and oxygen atoms in total. The van der Waals surface area contributed by atoms with Gasteiger partial charge in [-0.1, -0.05) is 24.6 Å². The topological polar surface area (TPSA) is 78.9 Å². The van der Waals surface area contributed by atoms with E-state index in [9.17, 15) is 23.5 Å². The number of hydrogen-bond donors (Lipinski definition) is 2. The molecule has 1 saturated heterocycles. The molecular weight excluding hydrogens is 346 g/mol. The van der Waals surface area contributed by atoms with E-state index in [1.165, 1.54) is 11.0 Å². The average Bonchev–Trinajstić information content (AvgIpc) is 3.12. The predicted molar refractivity (Wildman–Crippen MR) is 89.0 cm³/mol. The molecule has 1 saturated carbocycles. The summed E-state index contributed by atoms with van der Waals surface area (Å²) < 4.78 is 29.6. The molecule has 2 fully saturated rings. The Morgan fingerprint density at radius 2 is 2.12 bits per heavy atom. The van der Waals surface area contributed by atoms with E-state index in [-0.39, 0.29) is 24.2 Å². The molecule has 1 heterocycles. The van der Waals surface area contributed by atoms with Gasteiger partial charge < -0.3 is 20.1 Å². The number of ether oxygens (including phenoxy) is 1. The largest absolute Gasteiger partial charge is 0.481 e.